The number of hydrogen-bond donors (Lipinski definition) is 1. The Morgan fingerprint density at radius 2 is 2.00 bits per heavy atom. The number of carboxylic acids is 1. The molecule has 0 bridgehead atoms. The van der Waals surface area contributed by atoms with Crippen molar-refractivity contribution in [3.05, 3.63) is 51.8 Å². The summed E-state index contributed by atoms with van der Waals surface area (Å²) in [6.45, 7) is 0. The molecule has 1 N–H and O–H groups in total. The molecule has 0 saturated heterocycles. The normalized spacial score (nSPS) is 10.7. The lowest BCUT2D eigenvalue weighted by Gasteiger charge is -1.95. The van der Waals surface area contributed by atoms with Crippen molar-refractivity contribution in [1.82, 2.24) is 4.98 Å². The Balaban J connectivity index is 2.07. The standard InChI is InChI=1S/C15H10ClNO3S/c16-11-3-1-9(2-4-11)15-17-12(7-13(18)19)14(20-15)10-5-6-21-8-10/h1-6,8H,7H2,(H,18,19). The van der Waals surface area contributed by atoms with Crippen molar-refractivity contribution in [2.75, 3.05) is 0 Å². The van der Waals surface area contributed by atoms with Crippen LogP contribution >= 0.6 is 22.9 Å². The van der Waals surface area contributed by atoms with E-state index in [1.807, 2.05) is 16.8 Å². The lowest BCUT2D eigenvalue weighted by atomic mass is 10.2. The first-order valence-corrected chi connectivity index (χ1v) is 7.45. The largest absolute Gasteiger partial charge is 0.481 e. The lowest BCUT2D eigenvalue weighted by molar-refractivity contribution is -0.136. The molecule has 0 saturated carbocycles. The second kappa shape index (κ2) is 5.71. The predicted molar refractivity (Wildman–Crippen MR) is 81.6 cm³/mol. The minimum absolute atomic E-state index is 0.178. The molecule has 0 radical (unpaired) electrons. The molecule has 3 aromatic rings. The van der Waals surface area contributed by atoms with Crippen LogP contribution in [0, 0.1) is 0 Å². The van der Waals surface area contributed by atoms with Crippen molar-refractivity contribution >= 4 is 28.9 Å². The van der Waals surface area contributed by atoms with Crippen LogP contribution in [-0.2, 0) is 11.2 Å². The number of aromatic nitrogens is 1. The number of aliphatic carboxylic acids is 1. The van der Waals surface area contributed by atoms with Gasteiger partial charge in [-0.15, -0.1) is 0 Å². The Labute approximate surface area is 129 Å². The number of halogens is 1. The zero-order valence-electron chi connectivity index (χ0n) is 10.7. The number of carbonyl (C=O) groups is 1. The van der Waals surface area contributed by atoms with Gasteiger partial charge < -0.3 is 9.52 Å². The average Bonchev–Trinajstić information content (AvgIpc) is 3.08. The van der Waals surface area contributed by atoms with Gasteiger partial charge in [-0.2, -0.15) is 11.3 Å². The molecule has 21 heavy (non-hydrogen) atoms. The molecule has 0 spiro atoms. The summed E-state index contributed by atoms with van der Waals surface area (Å²) in [7, 11) is 0. The van der Waals surface area contributed by atoms with Crippen LogP contribution in [0.15, 0.2) is 45.5 Å². The van der Waals surface area contributed by atoms with Gasteiger partial charge in [0, 0.05) is 21.5 Å². The molecular formula is C15H10ClNO3S. The van der Waals surface area contributed by atoms with Gasteiger partial charge >= 0.3 is 5.97 Å². The molecule has 0 aliphatic rings. The smallest absolute Gasteiger partial charge is 0.309 e. The van der Waals surface area contributed by atoms with Gasteiger partial charge in [-0.25, -0.2) is 4.98 Å². The van der Waals surface area contributed by atoms with Crippen LogP contribution in [-0.4, -0.2) is 16.1 Å². The van der Waals surface area contributed by atoms with E-state index in [1.54, 1.807) is 24.3 Å². The van der Waals surface area contributed by atoms with E-state index in [0.29, 0.717) is 22.4 Å². The molecule has 4 nitrogen and oxygen atoms in total. The van der Waals surface area contributed by atoms with Crippen molar-refractivity contribution in [3.63, 3.8) is 0 Å². The number of carboxylic acid groups (broad SMARTS) is 1. The van der Waals surface area contributed by atoms with E-state index in [-0.39, 0.29) is 6.42 Å². The first-order chi connectivity index (χ1) is 10.1. The molecule has 0 unspecified atom stereocenters. The molecule has 2 heterocycles. The molecule has 0 fully saturated rings. The molecule has 0 amide bonds. The van der Waals surface area contributed by atoms with Gasteiger partial charge in [-0.1, -0.05) is 11.6 Å². The minimum atomic E-state index is -0.942. The first kappa shape index (κ1) is 13.9. The third-order valence-corrected chi connectivity index (χ3v) is 3.83. The highest BCUT2D eigenvalue weighted by Gasteiger charge is 2.18. The minimum Gasteiger partial charge on any atom is -0.481 e. The fraction of sp³-hybridized carbons (Fsp3) is 0.0667. The van der Waals surface area contributed by atoms with Crippen molar-refractivity contribution in [2.45, 2.75) is 6.42 Å². The maximum Gasteiger partial charge on any atom is 0.309 e. The van der Waals surface area contributed by atoms with Crippen LogP contribution in [0.25, 0.3) is 22.8 Å². The SMILES string of the molecule is O=C(O)Cc1nc(-c2ccc(Cl)cc2)oc1-c1ccsc1. The fourth-order valence-electron chi connectivity index (χ4n) is 1.95. The molecule has 2 aromatic heterocycles. The number of oxazole rings is 1. The molecular weight excluding hydrogens is 310 g/mol. The molecule has 0 aliphatic heterocycles. The Kier molecular flexibility index (Phi) is 3.77. The van der Waals surface area contributed by atoms with Gasteiger partial charge in [0.1, 0.15) is 0 Å². The zero-order chi connectivity index (χ0) is 14.8. The number of benzene rings is 1. The Morgan fingerprint density at radius 3 is 2.62 bits per heavy atom. The van der Waals surface area contributed by atoms with Crippen LogP contribution in [0.5, 0.6) is 0 Å². The van der Waals surface area contributed by atoms with E-state index in [2.05, 4.69) is 4.98 Å². The van der Waals surface area contributed by atoms with E-state index < -0.39 is 5.97 Å². The van der Waals surface area contributed by atoms with Crippen LogP contribution in [0.3, 0.4) is 0 Å². The summed E-state index contributed by atoms with van der Waals surface area (Å²) in [5.74, 6) is -0.0462. The second-order valence-corrected chi connectivity index (χ2v) is 5.60. The number of hydrogen-bond acceptors (Lipinski definition) is 4. The molecule has 0 aliphatic carbocycles. The van der Waals surface area contributed by atoms with Gasteiger partial charge in [0.15, 0.2) is 5.76 Å². The van der Waals surface area contributed by atoms with Crippen LogP contribution in [0.4, 0.5) is 0 Å². The Bertz CT molecular complexity index is 763. The van der Waals surface area contributed by atoms with E-state index in [0.717, 1.165) is 11.1 Å². The maximum atomic E-state index is 11.0. The van der Waals surface area contributed by atoms with Gasteiger partial charge in [-0.05, 0) is 35.7 Å². The van der Waals surface area contributed by atoms with Gasteiger partial charge in [0.05, 0.1) is 12.1 Å². The second-order valence-electron chi connectivity index (χ2n) is 4.38. The van der Waals surface area contributed by atoms with Crippen molar-refractivity contribution in [3.8, 4) is 22.8 Å². The van der Waals surface area contributed by atoms with Gasteiger partial charge in [0.2, 0.25) is 5.89 Å². The third kappa shape index (κ3) is 2.99. The number of nitrogens with zero attached hydrogens (tertiary/aromatic N) is 1. The fourth-order valence-corrected chi connectivity index (χ4v) is 2.71. The third-order valence-electron chi connectivity index (χ3n) is 2.89. The molecule has 0 atom stereocenters. The average molecular weight is 320 g/mol. The van der Waals surface area contributed by atoms with Gasteiger partial charge in [0.25, 0.3) is 0 Å². The van der Waals surface area contributed by atoms with E-state index >= 15 is 0 Å². The molecule has 6 heteroatoms. The number of rotatable bonds is 4. The van der Waals surface area contributed by atoms with Crippen molar-refractivity contribution in [2.24, 2.45) is 0 Å². The highest BCUT2D eigenvalue weighted by Crippen LogP contribution is 2.31. The first-order valence-electron chi connectivity index (χ1n) is 6.13. The summed E-state index contributed by atoms with van der Waals surface area (Å²) in [5, 5.41) is 13.4. The summed E-state index contributed by atoms with van der Waals surface area (Å²) < 4.78 is 5.78. The molecule has 3 rings (SSSR count). The Morgan fingerprint density at radius 1 is 1.24 bits per heavy atom. The maximum absolute atomic E-state index is 11.0. The quantitative estimate of drug-likeness (QED) is 0.776. The van der Waals surface area contributed by atoms with Crippen molar-refractivity contribution in [1.29, 1.82) is 0 Å². The van der Waals surface area contributed by atoms with Crippen molar-refractivity contribution < 1.29 is 14.3 Å². The molecule has 106 valence electrons. The summed E-state index contributed by atoms with van der Waals surface area (Å²) >= 11 is 7.37. The monoisotopic (exact) mass is 319 g/mol. The zero-order valence-corrected chi connectivity index (χ0v) is 12.3. The van der Waals surface area contributed by atoms with Crippen LogP contribution < -0.4 is 0 Å². The summed E-state index contributed by atoms with van der Waals surface area (Å²) in [4.78, 5) is 15.3. The summed E-state index contributed by atoms with van der Waals surface area (Å²) in [6, 6.07) is 8.93. The summed E-state index contributed by atoms with van der Waals surface area (Å²) in [6.07, 6.45) is -0.178. The van der Waals surface area contributed by atoms with E-state index in [1.165, 1.54) is 11.3 Å². The lowest BCUT2D eigenvalue weighted by Crippen LogP contribution is -2.01. The summed E-state index contributed by atoms with van der Waals surface area (Å²) in [5.41, 5.74) is 2.02. The van der Waals surface area contributed by atoms with Gasteiger partial charge in [-0.3, -0.25) is 4.79 Å². The predicted octanol–water partition coefficient (Wildman–Crippen LogP) is 4.35. The van der Waals surface area contributed by atoms with Crippen LogP contribution in [0.1, 0.15) is 5.69 Å². The Hall–Kier alpha value is -2.11. The highest BCUT2D eigenvalue weighted by molar-refractivity contribution is 7.08. The topological polar surface area (TPSA) is 63.3 Å². The van der Waals surface area contributed by atoms with E-state index in [9.17, 15) is 4.79 Å². The number of thiophene rings is 1. The van der Waals surface area contributed by atoms with E-state index in [4.69, 9.17) is 21.1 Å². The molecule has 1 aromatic carbocycles. The highest BCUT2D eigenvalue weighted by atomic mass is 35.5. The van der Waals surface area contributed by atoms with Crippen LogP contribution in [0.2, 0.25) is 5.02 Å².